The zero-order chi connectivity index (χ0) is 29.1. The average molecular weight is 540 g/mol. The molecule has 4 rings (SSSR count). The second-order valence-electron chi connectivity index (χ2n) is 9.94. The number of nitrogens with one attached hydrogen (secondary N) is 1. The van der Waals surface area contributed by atoms with Crippen molar-refractivity contribution < 1.29 is 34.8 Å². The van der Waals surface area contributed by atoms with E-state index >= 15 is 0 Å². The summed E-state index contributed by atoms with van der Waals surface area (Å²) < 4.78 is 0. The number of nitrogens with two attached hydrogens (primary N) is 1. The molecule has 0 heterocycles. The molecule has 0 unspecified atom stereocenters. The standard InChI is InChI=1S/C27H29N3O9/c1-5-13-19(30(3)4)21(33)17(26(28)38)25(37)27(13,39)24(36)12-7-6-10-11(8-9-14(31)15(10)20(12)32)16-18(29-2)23(35)22(16)34/h8-9,13,19,29,31-32,37,39H,5-7H2,1-4H3,(H2,28,38)/t13-,19-,27-/m0/s1. The molecule has 0 spiro atoms. The van der Waals surface area contributed by atoms with Gasteiger partial charge in [0, 0.05) is 18.5 Å². The van der Waals surface area contributed by atoms with Crippen molar-refractivity contribution in [3.63, 3.8) is 0 Å². The molecule has 1 amide bonds. The first kappa shape index (κ1) is 27.7. The summed E-state index contributed by atoms with van der Waals surface area (Å²) in [5.74, 6) is -6.89. The minimum atomic E-state index is -2.80. The maximum atomic E-state index is 14.0. The van der Waals surface area contributed by atoms with E-state index in [1.165, 1.54) is 38.2 Å². The minimum Gasteiger partial charge on any atom is -0.508 e. The molecule has 0 bridgehead atoms. The fraction of sp³-hybridized carbons (Fsp3) is 0.370. The molecule has 39 heavy (non-hydrogen) atoms. The number of hydrogen-bond donors (Lipinski definition) is 6. The lowest BCUT2D eigenvalue weighted by molar-refractivity contribution is -0.148. The van der Waals surface area contributed by atoms with E-state index in [9.17, 15) is 44.4 Å². The Balaban J connectivity index is 1.94. The molecule has 0 saturated heterocycles. The van der Waals surface area contributed by atoms with Crippen LogP contribution in [0.2, 0.25) is 0 Å². The summed E-state index contributed by atoms with van der Waals surface area (Å²) >= 11 is 0. The number of amides is 1. The van der Waals surface area contributed by atoms with Crippen LogP contribution in [0, 0.1) is 5.92 Å². The predicted octanol–water partition coefficient (Wildman–Crippen LogP) is 0.0489. The van der Waals surface area contributed by atoms with Crippen molar-refractivity contribution in [3.8, 4) is 16.9 Å². The van der Waals surface area contributed by atoms with Gasteiger partial charge in [-0.2, -0.15) is 0 Å². The van der Waals surface area contributed by atoms with Gasteiger partial charge >= 0.3 is 0 Å². The molecular weight excluding hydrogens is 510 g/mol. The van der Waals surface area contributed by atoms with Crippen LogP contribution in [0.4, 0.5) is 5.69 Å². The third-order valence-corrected chi connectivity index (χ3v) is 7.76. The number of aliphatic hydroxyl groups excluding tert-OH is 2. The summed E-state index contributed by atoms with van der Waals surface area (Å²) in [6.45, 7) is 1.59. The van der Waals surface area contributed by atoms with Crippen LogP contribution in [0.3, 0.4) is 0 Å². The van der Waals surface area contributed by atoms with Gasteiger partial charge in [0.1, 0.15) is 22.8 Å². The Hall–Kier alpha value is -4.29. The number of carbonyl (C=O) groups is 3. The van der Waals surface area contributed by atoms with Crippen LogP contribution in [-0.4, -0.2) is 75.6 Å². The third kappa shape index (κ3) is 3.70. The Labute approximate surface area is 222 Å². The molecule has 12 heteroatoms. The van der Waals surface area contributed by atoms with Crippen LogP contribution < -0.4 is 21.9 Å². The molecule has 7 N–H and O–H groups in total. The van der Waals surface area contributed by atoms with Crippen LogP contribution in [0.1, 0.15) is 30.9 Å². The number of phenolic OH excluding ortho intramolecular Hbond substituents is 1. The normalized spacial score (nSPS) is 23.4. The highest BCUT2D eigenvalue weighted by Crippen LogP contribution is 2.46. The summed E-state index contributed by atoms with van der Waals surface area (Å²) in [5.41, 5.74) is 0.393. The minimum absolute atomic E-state index is 0.00221. The van der Waals surface area contributed by atoms with Gasteiger partial charge in [0.05, 0.1) is 22.9 Å². The lowest BCUT2D eigenvalue weighted by Gasteiger charge is -2.44. The Kier molecular flexibility index (Phi) is 6.74. The third-order valence-electron chi connectivity index (χ3n) is 7.76. The zero-order valence-electron chi connectivity index (χ0n) is 21.8. The Bertz CT molecular complexity index is 1580. The van der Waals surface area contributed by atoms with Gasteiger partial charge in [-0.25, -0.2) is 0 Å². The predicted molar refractivity (Wildman–Crippen MR) is 141 cm³/mol. The van der Waals surface area contributed by atoms with Crippen LogP contribution in [0.15, 0.2) is 38.6 Å². The van der Waals surface area contributed by atoms with Gasteiger partial charge in [-0.05, 0) is 50.6 Å². The number of phenols is 1. The number of rotatable bonds is 7. The van der Waals surface area contributed by atoms with Crippen molar-refractivity contribution >= 4 is 28.9 Å². The summed E-state index contributed by atoms with van der Waals surface area (Å²) in [6, 6.07) is 1.42. The average Bonchev–Trinajstić information content (AvgIpc) is 2.88. The fourth-order valence-corrected chi connectivity index (χ4v) is 5.92. The van der Waals surface area contributed by atoms with Crippen molar-refractivity contribution in [2.24, 2.45) is 11.7 Å². The van der Waals surface area contributed by atoms with E-state index in [2.05, 4.69) is 5.32 Å². The fourth-order valence-electron chi connectivity index (χ4n) is 5.92. The summed E-state index contributed by atoms with van der Waals surface area (Å²) in [4.78, 5) is 64.8. The Morgan fingerprint density at radius 3 is 2.26 bits per heavy atom. The number of hydrogen-bond acceptors (Lipinski definition) is 11. The molecule has 206 valence electrons. The second kappa shape index (κ2) is 9.47. The number of aromatic hydroxyl groups is 1. The molecule has 0 saturated carbocycles. The lowest BCUT2D eigenvalue weighted by Crippen LogP contribution is -2.62. The molecular formula is C27H29N3O9. The molecule has 3 atom stereocenters. The van der Waals surface area contributed by atoms with E-state index < -0.39 is 68.7 Å². The van der Waals surface area contributed by atoms with Crippen molar-refractivity contribution in [3.05, 3.63) is 60.6 Å². The molecule has 2 aromatic rings. The number of fused-ring (bicyclic) bond motifs is 1. The quantitative estimate of drug-likeness (QED) is 0.205. The largest absolute Gasteiger partial charge is 0.508 e. The number of anilines is 1. The first-order valence-corrected chi connectivity index (χ1v) is 12.3. The summed E-state index contributed by atoms with van der Waals surface area (Å²) in [5, 5.41) is 47.3. The van der Waals surface area contributed by atoms with E-state index in [1.807, 2.05) is 0 Å². The number of nitrogens with zero attached hydrogens (tertiary/aromatic N) is 1. The molecule has 0 fully saturated rings. The maximum absolute atomic E-state index is 14.0. The lowest BCUT2D eigenvalue weighted by atomic mass is 9.66. The van der Waals surface area contributed by atoms with E-state index in [0.29, 0.717) is 5.56 Å². The molecule has 0 radical (unpaired) electrons. The van der Waals surface area contributed by atoms with Gasteiger partial charge < -0.3 is 31.5 Å². The van der Waals surface area contributed by atoms with E-state index in [1.54, 1.807) is 6.92 Å². The zero-order valence-corrected chi connectivity index (χ0v) is 21.8. The van der Waals surface area contributed by atoms with Gasteiger partial charge in [0.25, 0.3) is 5.91 Å². The number of ketones is 2. The van der Waals surface area contributed by atoms with Crippen LogP contribution in [0.5, 0.6) is 5.75 Å². The Morgan fingerprint density at radius 2 is 1.72 bits per heavy atom. The number of carbonyl (C=O) groups excluding carboxylic acids is 3. The van der Waals surface area contributed by atoms with Gasteiger partial charge in [-0.1, -0.05) is 13.0 Å². The second-order valence-corrected chi connectivity index (χ2v) is 9.94. The van der Waals surface area contributed by atoms with E-state index in [4.69, 9.17) is 5.73 Å². The highest BCUT2D eigenvalue weighted by Gasteiger charge is 2.59. The molecule has 2 aliphatic rings. The van der Waals surface area contributed by atoms with Crippen LogP contribution in [-0.2, 0) is 20.8 Å². The van der Waals surface area contributed by atoms with Crippen molar-refractivity contribution in [2.45, 2.75) is 37.8 Å². The summed E-state index contributed by atoms with van der Waals surface area (Å²) in [7, 11) is 4.48. The molecule has 2 aliphatic carbocycles. The smallest absolute Gasteiger partial charge is 0.255 e. The number of Topliss-reactive ketones (excluding diaryl/α,β-unsaturated/α-hetero) is 2. The number of likely N-dealkylation sites (N-methyl/N-ethyl adjacent to an activating group) is 1. The molecule has 2 aromatic carbocycles. The monoisotopic (exact) mass is 539 g/mol. The molecule has 0 aliphatic heterocycles. The van der Waals surface area contributed by atoms with Gasteiger partial charge in [-0.15, -0.1) is 0 Å². The van der Waals surface area contributed by atoms with Gasteiger partial charge in [-0.3, -0.25) is 28.9 Å². The number of primary amides is 1. The summed E-state index contributed by atoms with van der Waals surface area (Å²) in [6.07, 6.45) is -0.177. The molecule has 0 aromatic heterocycles. The van der Waals surface area contributed by atoms with Crippen molar-refractivity contribution in [1.82, 2.24) is 4.90 Å². The molecule has 12 nitrogen and oxygen atoms in total. The van der Waals surface area contributed by atoms with E-state index in [0.717, 1.165) is 0 Å². The van der Waals surface area contributed by atoms with Gasteiger partial charge in [0.2, 0.25) is 16.6 Å². The van der Waals surface area contributed by atoms with Crippen molar-refractivity contribution in [1.29, 1.82) is 0 Å². The highest BCUT2D eigenvalue weighted by molar-refractivity contribution is 6.24. The SMILES string of the molecule is CC[C@H]1[C@H](N(C)C)C(=O)C(C(N)=O)=C(O)[C@@]1(O)C(=O)C1=C(O)c2c(O)ccc(-c3c(NC)c(=O)c3=O)c2CC1. The first-order chi connectivity index (χ1) is 18.2. The topological polar surface area (TPSA) is 208 Å². The maximum Gasteiger partial charge on any atom is 0.255 e. The van der Waals surface area contributed by atoms with Crippen LogP contribution >= 0.6 is 0 Å². The highest BCUT2D eigenvalue weighted by atomic mass is 16.3. The van der Waals surface area contributed by atoms with Crippen LogP contribution in [0.25, 0.3) is 16.9 Å². The number of benzene rings is 1. The van der Waals surface area contributed by atoms with Gasteiger partial charge in [0.15, 0.2) is 11.4 Å². The first-order valence-electron chi connectivity index (χ1n) is 12.3. The Morgan fingerprint density at radius 1 is 1.08 bits per heavy atom. The number of aliphatic hydroxyl groups is 3. The van der Waals surface area contributed by atoms with E-state index in [-0.39, 0.29) is 47.2 Å². The van der Waals surface area contributed by atoms with Crippen molar-refractivity contribution in [2.75, 3.05) is 26.5 Å².